The standard InChI is InChI=1S/C23H25N3O2/c27-23-26(18-9-2-1-3-10-18)16-19(28-23)15-25-13-7-6-12-22(25)21-14-17-8-4-5-11-20(17)24-21/h1-5,8-11,14,19,22,24H,6-7,12-13,15-16H2/t19-,22-/m0/s1. The molecule has 2 aliphatic rings. The summed E-state index contributed by atoms with van der Waals surface area (Å²) >= 11 is 0. The number of rotatable bonds is 4. The molecule has 5 rings (SSSR count). The summed E-state index contributed by atoms with van der Waals surface area (Å²) in [6, 6.07) is 20.8. The van der Waals surface area contributed by atoms with Gasteiger partial charge in [-0.1, -0.05) is 42.8 Å². The first-order valence-electron chi connectivity index (χ1n) is 10.1. The van der Waals surface area contributed by atoms with E-state index in [9.17, 15) is 4.79 Å². The number of cyclic esters (lactones) is 1. The molecule has 5 heteroatoms. The summed E-state index contributed by atoms with van der Waals surface area (Å²) in [5.41, 5.74) is 3.36. The zero-order valence-electron chi connectivity index (χ0n) is 15.9. The van der Waals surface area contributed by atoms with Crippen LogP contribution in [0.3, 0.4) is 0 Å². The lowest BCUT2D eigenvalue weighted by Gasteiger charge is -2.36. The van der Waals surface area contributed by atoms with E-state index in [0.29, 0.717) is 12.6 Å². The first-order valence-corrected chi connectivity index (χ1v) is 10.1. The van der Waals surface area contributed by atoms with Gasteiger partial charge in [0.25, 0.3) is 0 Å². The first kappa shape index (κ1) is 17.3. The molecule has 144 valence electrons. The molecule has 1 N–H and O–H groups in total. The Morgan fingerprint density at radius 1 is 1.04 bits per heavy atom. The molecular formula is C23H25N3O2. The molecule has 1 aromatic heterocycles. The second-order valence-electron chi connectivity index (χ2n) is 7.77. The number of hydrogen-bond donors (Lipinski definition) is 1. The van der Waals surface area contributed by atoms with Gasteiger partial charge < -0.3 is 9.72 Å². The third-order valence-electron chi connectivity index (χ3n) is 5.90. The van der Waals surface area contributed by atoms with Crippen molar-refractivity contribution in [3.8, 4) is 0 Å². The van der Waals surface area contributed by atoms with E-state index in [4.69, 9.17) is 4.74 Å². The summed E-state index contributed by atoms with van der Waals surface area (Å²) in [6.45, 7) is 2.42. The lowest BCUT2D eigenvalue weighted by Crippen LogP contribution is -2.40. The van der Waals surface area contributed by atoms with E-state index in [1.807, 2.05) is 30.3 Å². The van der Waals surface area contributed by atoms with Gasteiger partial charge in [-0.25, -0.2) is 4.79 Å². The molecule has 3 heterocycles. The van der Waals surface area contributed by atoms with Gasteiger partial charge in [-0.2, -0.15) is 0 Å². The monoisotopic (exact) mass is 375 g/mol. The van der Waals surface area contributed by atoms with E-state index in [-0.39, 0.29) is 12.2 Å². The van der Waals surface area contributed by atoms with Crippen molar-refractivity contribution < 1.29 is 9.53 Å². The van der Waals surface area contributed by atoms with E-state index in [1.54, 1.807) is 4.90 Å². The van der Waals surface area contributed by atoms with Crippen molar-refractivity contribution in [1.29, 1.82) is 0 Å². The highest BCUT2D eigenvalue weighted by atomic mass is 16.6. The lowest BCUT2D eigenvalue weighted by molar-refractivity contribution is 0.0714. The Bertz CT molecular complexity index is 935. The van der Waals surface area contributed by atoms with E-state index >= 15 is 0 Å². The maximum Gasteiger partial charge on any atom is 0.414 e. The SMILES string of the molecule is O=C1O[C@@H](CN2CCCC[C@H]2c2cc3ccccc3[nH]2)CN1c1ccccc1. The minimum Gasteiger partial charge on any atom is -0.443 e. The van der Waals surface area contributed by atoms with Crippen LogP contribution in [0.5, 0.6) is 0 Å². The van der Waals surface area contributed by atoms with Crippen LogP contribution in [0.15, 0.2) is 60.7 Å². The number of piperidine rings is 1. The molecule has 2 atom stereocenters. The van der Waals surface area contributed by atoms with Crippen molar-refractivity contribution in [3.05, 3.63) is 66.4 Å². The molecule has 2 saturated heterocycles. The minimum absolute atomic E-state index is 0.0994. The Kier molecular flexibility index (Phi) is 4.53. The largest absolute Gasteiger partial charge is 0.443 e. The molecule has 0 spiro atoms. The Hall–Kier alpha value is -2.79. The van der Waals surface area contributed by atoms with E-state index in [1.165, 1.54) is 29.4 Å². The zero-order chi connectivity index (χ0) is 18.9. The van der Waals surface area contributed by atoms with Crippen LogP contribution in [-0.4, -0.2) is 41.7 Å². The number of amides is 1. The number of anilines is 1. The van der Waals surface area contributed by atoms with Crippen molar-refractivity contribution in [2.45, 2.75) is 31.4 Å². The van der Waals surface area contributed by atoms with Crippen LogP contribution in [0.1, 0.15) is 31.0 Å². The lowest BCUT2D eigenvalue weighted by atomic mass is 9.98. The molecule has 0 radical (unpaired) electrons. The second kappa shape index (κ2) is 7.32. The fourth-order valence-electron chi connectivity index (χ4n) is 4.53. The van der Waals surface area contributed by atoms with Gasteiger partial charge >= 0.3 is 6.09 Å². The number of nitrogens with zero attached hydrogens (tertiary/aromatic N) is 2. The van der Waals surface area contributed by atoms with Gasteiger partial charge in [0.15, 0.2) is 0 Å². The van der Waals surface area contributed by atoms with Gasteiger partial charge in [0.05, 0.1) is 6.54 Å². The van der Waals surface area contributed by atoms with Gasteiger partial charge in [0.2, 0.25) is 0 Å². The minimum atomic E-state index is -0.240. The van der Waals surface area contributed by atoms with E-state index in [2.05, 4.69) is 40.2 Å². The van der Waals surface area contributed by atoms with E-state index in [0.717, 1.165) is 25.2 Å². The molecule has 0 bridgehead atoms. The number of ether oxygens (including phenoxy) is 1. The molecular weight excluding hydrogens is 350 g/mol. The molecule has 2 aliphatic heterocycles. The molecule has 0 aliphatic carbocycles. The third-order valence-corrected chi connectivity index (χ3v) is 5.90. The molecule has 0 saturated carbocycles. The number of para-hydroxylation sites is 2. The van der Waals surface area contributed by atoms with Crippen LogP contribution >= 0.6 is 0 Å². The predicted octanol–water partition coefficient (Wildman–Crippen LogP) is 4.72. The fraction of sp³-hybridized carbons (Fsp3) is 0.348. The van der Waals surface area contributed by atoms with Crippen molar-refractivity contribution in [2.24, 2.45) is 0 Å². The van der Waals surface area contributed by atoms with Crippen LogP contribution in [0, 0.1) is 0 Å². The van der Waals surface area contributed by atoms with Crippen LogP contribution < -0.4 is 4.90 Å². The number of aromatic amines is 1. The van der Waals surface area contributed by atoms with Gasteiger partial charge in [0.1, 0.15) is 6.10 Å². The third kappa shape index (κ3) is 3.27. The summed E-state index contributed by atoms with van der Waals surface area (Å²) in [7, 11) is 0. The van der Waals surface area contributed by atoms with Crippen molar-refractivity contribution >= 4 is 22.7 Å². The Morgan fingerprint density at radius 3 is 2.71 bits per heavy atom. The van der Waals surface area contributed by atoms with Crippen LogP contribution in [-0.2, 0) is 4.74 Å². The maximum absolute atomic E-state index is 12.4. The highest BCUT2D eigenvalue weighted by molar-refractivity contribution is 5.89. The predicted molar refractivity (Wildman–Crippen MR) is 111 cm³/mol. The molecule has 2 aromatic carbocycles. The molecule has 1 amide bonds. The number of nitrogens with one attached hydrogen (secondary N) is 1. The molecule has 5 nitrogen and oxygen atoms in total. The number of hydrogen-bond acceptors (Lipinski definition) is 3. The van der Waals surface area contributed by atoms with Crippen molar-refractivity contribution in [1.82, 2.24) is 9.88 Å². The van der Waals surface area contributed by atoms with Gasteiger partial charge in [-0.05, 0) is 49.0 Å². The Labute approximate surface area is 164 Å². The average molecular weight is 375 g/mol. The quantitative estimate of drug-likeness (QED) is 0.718. The number of benzene rings is 2. The van der Waals surface area contributed by atoms with Gasteiger partial charge in [0, 0.05) is 29.5 Å². The summed E-state index contributed by atoms with van der Waals surface area (Å²) in [6.07, 6.45) is 3.22. The van der Waals surface area contributed by atoms with Crippen molar-refractivity contribution in [2.75, 3.05) is 24.5 Å². The zero-order valence-corrected chi connectivity index (χ0v) is 15.9. The highest BCUT2D eigenvalue weighted by Crippen LogP contribution is 2.33. The van der Waals surface area contributed by atoms with Crippen LogP contribution in [0.2, 0.25) is 0 Å². The average Bonchev–Trinajstić information content (AvgIpc) is 3.32. The highest BCUT2D eigenvalue weighted by Gasteiger charge is 2.36. The number of H-pyrrole nitrogens is 1. The van der Waals surface area contributed by atoms with Gasteiger partial charge in [-0.3, -0.25) is 9.80 Å². The first-order chi connectivity index (χ1) is 13.8. The van der Waals surface area contributed by atoms with Gasteiger partial charge in [-0.15, -0.1) is 0 Å². The summed E-state index contributed by atoms with van der Waals surface area (Å²) in [5, 5.41) is 1.26. The maximum atomic E-state index is 12.4. The smallest absolute Gasteiger partial charge is 0.414 e. The Morgan fingerprint density at radius 2 is 1.86 bits per heavy atom. The number of likely N-dealkylation sites (tertiary alicyclic amines) is 1. The molecule has 2 fully saturated rings. The molecule has 28 heavy (non-hydrogen) atoms. The van der Waals surface area contributed by atoms with Crippen LogP contribution in [0.4, 0.5) is 10.5 Å². The topological polar surface area (TPSA) is 48.6 Å². The fourth-order valence-corrected chi connectivity index (χ4v) is 4.53. The summed E-state index contributed by atoms with van der Waals surface area (Å²) in [5.74, 6) is 0. The van der Waals surface area contributed by atoms with Crippen LogP contribution in [0.25, 0.3) is 10.9 Å². The second-order valence-corrected chi connectivity index (χ2v) is 7.77. The number of aromatic nitrogens is 1. The number of fused-ring (bicyclic) bond motifs is 1. The Balaban J connectivity index is 1.32. The summed E-state index contributed by atoms with van der Waals surface area (Å²) < 4.78 is 5.71. The summed E-state index contributed by atoms with van der Waals surface area (Å²) in [4.78, 5) is 20.2. The normalized spacial score (nSPS) is 23.3. The molecule has 3 aromatic rings. The number of carbonyl (C=O) groups is 1. The number of carbonyl (C=O) groups excluding carboxylic acids is 1. The molecule has 0 unspecified atom stereocenters. The van der Waals surface area contributed by atoms with Crippen molar-refractivity contribution in [3.63, 3.8) is 0 Å². The van der Waals surface area contributed by atoms with E-state index < -0.39 is 0 Å².